The van der Waals surface area contributed by atoms with Crippen molar-refractivity contribution in [3.05, 3.63) is 27.7 Å². The topological polar surface area (TPSA) is 72.3 Å². The molecule has 1 atom stereocenters. The molecule has 0 spiro atoms. The highest BCUT2D eigenvalue weighted by Gasteiger charge is 2.33. The Morgan fingerprint density at radius 2 is 2.00 bits per heavy atom. The van der Waals surface area contributed by atoms with Gasteiger partial charge in [-0.05, 0) is 51.0 Å². The van der Waals surface area contributed by atoms with Crippen LogP contribution in [0.2, 0.25) is 0 Å². The van der Waals surface area contributed by atoms with Crippen molar-refractivity contribution >= 4 is 10.0 Å². The molecule has 23 heavy (non-hydrogen) atoms. The van der Waals surface area contributed by atoms with Gasteiger partial charge in [0.2, 0.25) is 10.0 Å². The predicted octanol–water partition coefficient (Wildman–Crippen LogP) is 1.33. The highest BCUT2D eigenvalue weighted by molar-refractivity contribution is 7.89. The molecule has 6 nitrogen and oxygen atoms in total. The molecule has 0 amide bonds. The van der Waals surface area contributed by atoms with E-state index in [1.807, 2.05) is 0 Å². The Kier molecular flexibility index (Phi) is 4.87. The van der Waals surface area contributed by atoms with Crippen LogP contribution < -0.4 is 5.56 Å². The minimum Gasteiger partial charge on any atom is -0.268 e. The summed E-state index contributed by atoms with van der Waals surface area (Å²) >= 11 is 0. The fraction of sp³-hybridized carbons (Fsp3) is 0.750. The van der Waals surface area contributed by atoms with E-state index in [0.717, 1.165) is 49.8 Å². The van der Waals surface area contributed by atoms with Gasteiger partial charge in [-0.1, -0.05) is 6.42 Å². The zero-order valence-corrected chi connectivity index (χ0v) is 14.5. The number of nitrogens with zero attached hydrogens (tertiary/aromatic N) is 3. The first-order valence-electron chi connectivity index (χ1n) is 8.60. The minimum absolute atomic E-state index is 0.105. The second-order valence-electron chi connectivity index (χ2n) is 6.50. The Labute approximate surface area is 137 Å². The van der Waals surface area contributed by atoms with Gasteiger partial charge in [0.05, 0.1) is 18.0 Å². The third-order valence-electron chi connectivity index (χ3n) is 4.95. The molecule has 1 aliphatic heterocycles. The molecule has 0 unspecified atom stereocenters. The van der Waals surface area contributed by atoms with E-state index >= 15 is 0 Å². The number of hydrogen-bond acceptors (Lipinski definition) is 4. The van der Waals surface area contributed by atoms with Crippen molar-refractivity contribution in [2.24, 2.45) is 0 Å². The van der Waals surface area contributed by atoms with Crippen LogP contribution in [-0.2, 0) is 29.4 Å². The molecule has 2 aliphatic rings. The largest absolute Gasteiger partial charge is 0.268 e. The lowest BCUT2D eigenvalue weighted by atomic mass is 10.1. The first-order valence-corrected chi connectivity index (χ1v) is 10.2. The van der Waals surface area contributed by atoms with Gasteiger partial charge < -0.3 is 0 Å². The minimum atomic E-state index is -3.21. The molecular formula is C16H25N3O3S. The van der Waals surface area contributed by atoms with Gasteiger partial charge in [-0.2, -0.15) is 9.40 Å². The quantitative estimate of drug-likeness (QED) is 0.776. The van der Waals surface area contributed by atoms with Gasteiger partial charge in [0.1, 0.15) is 0 Å². The summed E-state index contributed by atoms with van der Waals surface area (Å²) < 4.78 is 27.4. The maximum Gasteiger partial charge on any atom is 0.267 e. The van der Waals surface area contributed by atoms with Crippen LogP contribution in [0.3, 0.4) is 0 Å². The normalized spacial score (nSPS) is 22.7. The first-order chi connectivity index (χ1) is 11.0. The van der Waals surface area contributed by atoms with E-state index in [-0.39, 0.29) is 17.4 Å². The summed E-state index contributed by atoms with van der Waals surface area (Å²) in [4.78, 5) is 12.3. The zero-order valence-electron chi connectivity index (χ0n) is 13.7. The number of aromatic nitrogens is 2. The summed E-state index contributed by atoms with van der Waals surface area (Å²) in [5.41, 5.74) is 1.99. The molecule has 1 aliphatic carbocycles. The van der Waals surface area contributed by atoms with Crippen LogP contribution >= 0.6 is 0 Å². The monoisotopic (exact) mass is 339 g/mol. The molecule has 0 N–H and O–H groups in total. The Bertz CT molecular complexity index is 727. The highest BCUT2D eigenvalue weighted by atomic mass is 32.2. The van der Waals surface area contributed by atoms with Crippen LogP contribution in [0.5, 0.6) is 0 Å². The Morgan fingerprint density at radius 1 is 1.22 bits per heavy atom. The third kappa shape index (κ3) is 3.50. The molecule has 1 aromatic heterocycles. The number of rotatable bonds is 4. The summed E-state index contributed by atoms with van der Waals surface area (Å²) in [5, 5.41) is 4.56. The standard InChI is InChI=1S/C16H25N3O3S/c1-2-23(21,22)19-10-6-8-14(19)12-18-16(20)11-13-7-4-3-5-9-15(13)17-18/h11,14H,2-10,12H2,1H3/t14-/m0/s1. The molecule has 0 saturated carbocycles. The van der Waals surface area contributed by atoms with E-state index in [1.54, 1.807) is 17.3 Å². The highest BCUT2D eigenvalue weighted by Crippen LogP contribution is 2.23. The lowest BCUT2D eigenvalue weighted by Gasteiger charge is -2.24. The van der Waals surface area contributed by atoms with Crippen molar-refractivity contribution in [2.45, 2.75) is 64.5 Å². The predicted molar refractivity (Wildman–Crippen MR) is 88.9 cm³/mol. The molecule has 1 aromatic rings. The van der Waals surface area contributed by atoms with E-state index < -0.39 is 10.0 Å². The maximum atomic E-state index is 12.3. The van der Waals surface area contributed by atoms with Crippen LogP contribution in [-0.4, -0.2) is 40.8 Å². The lowest BCUT2D eigenvalue weighted by Crippen LogP contribution is -2.41. The van der Waals surface area contributed by atoms with Crippen LogP contribution in [0.1, 0.15) is 50.3 Å². The molecule has 0 bridgehead atoms. The summed E-state index contributed by atoms with van der Waals surface area (Å²) in [6.07, 6.45) is 6.89. The van der Waals surface area contributed by atoms with E-state index in [0.29, 0.717) is 13.1 Å². The molecule has 7 heteroatoms. The average Bonchev–Trinajstić information content (AvgIpc) is 2.88. The Hall–Kier alpha value is -1.21. The van der Waals surface area contributed by atoms with Gasteiger partial charge in [-0.25, -0.2) is 13.1 Å². The van der Waals surface area contributed by atoms with E-state index in [1.165, 1.54) is 11.1 Å². The number of hydrogen-bond donors (Lipinski definition) is 0. The van der Waals surface area contributed by atoms with Gasteiger partial charge in [-0.15, -0.1) is 0 Å². The average molecular weight is 339 g/mol. The van der Waals surface area contributed by atoms with Crippen LogP contribution in [0, 0.1) is 0 Å². The number of sulfonamides is 1. The summed E-state index contributed by atoms with van der Waals surface area (Å²) in [6.45, 7) is 2.59. The molecular weight excluding hydrogens is 314 g/mol. The smallest absolute Gasteiger partial charge is 0.267 e. The lowest BCUT2D eigenvalue weighted by molar-refractivity contribution is 0.334. The fourth-order valence-electron chi connectivity index (χ4n) is 3.63. The third-order valence-corrected chi connectivity index (χ3v) is 6.88. The molecule has 1 fully saturated rings. The van der Waals surface area contributed by atoms with E-state index in [4.69, 9.17) is 0 Å². The van der Waals surface area contributed by atoms with Gasteiger partial charge in [0.25, 0.3) is 5.56 Å². The summed E-state index contributed by atoms with van der Waals surface area (Å²) in [5.74, 6) is 0.107. The van der Waals surface area contributed by atoms with Crippen LogP contribution in [0.25, 0.3) is 0 Å². The second-order valence-corrected chi connectivity index (χ2v) is 8.71. The molecule has 2 heterocycles. The molecule has 1 saturated heterocycles. The van der Waals surface area contributed by atoms with Crippen molar-refractivity contribution in [1.29, 1.82) is 0 Å². The molecule has 0 radical (unpaired) electrons. The van der Waals surface area contributed by atoms with Crippen molar-refractivity contribution in [2.75, 3.05) is 12.3 Å². The summed E-state index contributed by atoms with van der Waals surface area (Å²) in [6, 6.07) is 1.57. The van der Waals surface area contributed by atoms with Crippen molar-refractivity contribution in [1.82, 2.24) is 14.1 Å². The maximum absolute atomic E-state index is 12.3. The van der Waals surface area contributed by atoms with Crippen LogP contribution in [0.4, 0.5) is 0 Å². The first kappa shape index (κ1) is 16.6. The molecule has 3 rings (SSSR count). The van der Waals surface area contributed by atoms with Crippen molar-refractivity contribution < 1.29 is 8.42 Å². The Morgan fingerprint density at radius 3 is 2.78 bits per heavy atom. The zero-order chi connectivity index (χ0) is 16.4. The fourth-order valence-corrected chi connectivity index (χ4v) is 5.00. The summed E-state index contributed by atoms with van der Waals surface area (Å²) in [7, 11) is -3.21. The number of aryl methyl sites for hydroxylation is 2. The second kappa shape index (κ2) is 6.73. The van der Waals surface area contributed by atoms with Gasteiger partial charge >= 0.3 is 0 Å². The SMILES string of the molecule is CCS(=O)(=O)N1CCC[C@H]1Cn1nc2c(cc1=O)CCCCC2. The van der Waals surface area contributed by atoms with E-state index in [2.05, 4.69) is 5.10 Å². The van der Waals surface area contributed by atoms with E-state index in [9.17, 15) is 13.2 Å². The van der Waals surface area contributed by atoms with Crippen molar-refractivity contribution in [3.63, 3.8) is 0 Å². The number of fused-ring (bicyclic) bond motifs is 1. The molecule has 128 valence electrons. The molecule has 0 aromatic carbocycles. The van der Waals surface area contributed by atoms with Gasteiger partial charge in [0.15, 0.2) is 0 Å². The Balaban J connectivity index is 1.85. The van der Waals surface area contributed by atoms with Gasteiger partial charge in [-0.3, -0.25) is 4.79 Å². The van der Waals surface area contributed by atoms with Crippen molar-refractivity contribution in [3.8, 4) is 0 Å². The van der Waals surface area contributed by atoms with Crippen LogP contribution in [0.15, 0.2) is 10.9 Å². The van der Waals surface area contributed by atoms with Gasteiger partial charge in [0, 0.05) is 18.7 Å².